The normalized spacial score (nSPS) is 18.1. The van der Waals surface area contributed by atoms with Crippen LogP contribution < -0.4 is 0 Å². The van der Waals surface area contributed by atoms with Crippen molar-refractivity contribution in [2.45, 2.75) is 38.2 Å². The summed E-state index contributed by atoms with van der Waals surface area (Å²) in [7, 11) is 0. The Morgan fingerprint density at radius 1 is 1.41 bits per heavy atom. The summed E-state index contributed by atoms with van der Waals surface area (Å²) in [6, 6.07) is 3.84. The fourth-order valence-electron chi connectivity index (χ4n) is 2.18. The molecule has 2 heterocycles. The molecule has 1 atom stereocenters. The summed E-state index contributed by atoms with van der Waals surface area (Å²) in [5, 5.41) is 11.8. The Balaban J connectivity index is 1.75. The van der Waals surface area contributed by atoms with Gasteiger partial charge in [-0.25, -0.2) is 0 Å². The van der Waals surface area contributed by atoms with Crippen molar-refractivity contribution < 1.29 is 9.90 Å². The molecule has 1 aromatic heterocycles. The van der Waals surface area contributed by atoms with E-state index in [2.05, 4.69) is 0 Å². The van der Waals surface area contributed by atoms with Crippen molar-refractivity contribution in [2.75, 3.05) is 13.1 Å². The first-order valence-electron chi connectivity index (χ1n) is 6.26. The highest BCUT2D eigenvalue weighted by molar-refractivity contribution is 7.10. The molecular weight excluding hydrogens is 234 g/mol. The van der Waals surface area contributed by atoms with Crippen LogP contribution in [0.5, 0.6) is 0 Å². The topological polar surface area (TPSA) is 40.5 Å². The summed E-state index contributed by atoms with van der Waals surface area (Å²) in [5.41, 5.74) is 0. The molecule has 1 aliphatic heterocycles. The van der Waals surface area contributed by atoms with Crippen molar-refractivity contribution in [2.24, 2.45) is 0 Å². The van der Waals surface area contributed by atoms with E-state index in [0.717, 1.165) is 30.8 Å². The molecule has 1 aliphatic rings. The van der Waals surface area contributed by atoms with Crippen LogP contribution in [0.2, 0.25) is 0 Å². The summed E-state index contributed by atoms with van der Waals surface area (Å²) in [4.78, 5) is 14.8. The molecule has 17 heavy (non-hydrogen) atoms. The van der Waals surface area contributed by atoms with Crippen LogP contribution in [-0.4, -0.2) is 29.0 Å². The quantitative estimate of drug-likeness (QED) is 0.896. The molecule has 0 aromatic carbocycles. The minimum Gasteiger partial charge on any atom is -0.388 e. The molecule has 1 amide bonds. The van der Waals surface area contributed by atoms with Gasteiger partial charge < -0.3 is 10.0 Å². The number of aliphatic hydroxyl groups excluding tert-OH is 1. The molecule has 4 heteroatoms. The highest BCUT2D eigenvalue weighted by Gasteiger charge is 2.18. The first kappa shape index (κ1) is 12.6. The van der Waals surface area contributed by atoms with Gasteiger partial charge in [0.05, 0.1) is 6.10 Å². The number of rotatable bonds is 4. The second-order valence-corrected chi connectivity index (χ2v) is 5.49. The van der Waals surface area contributed by atoms with Crippen molar-refractivity contribution in [1.29, 1.82) is 0 Å². The summed E-state index contributed by atoms with van der Waals surface area (Å²) in [6.07, 6.45) is 4.00. The Hall–Kier alpha value is -0.870. The van der Waals surface area contributed by atoms with Crippen LogP contribution in [0.15, 0.2) is 17.5 Å². The van der Waals surface area contributed by atoms with E-state index in [1.54, 1.807) is 11.3 Å². The number of thiophene rings is 1. The predicted molar refractivity (Wildman–Crippen MR) is 68.9 cm³/mol. The monoisotopic (exact) mass is 253 g/mol. The fraction of sp³-hybridized carbons (Fsp3) is 0.615. The van der Waals surface area contributed by atoms with Gasteiger partial charge in [0.25, 0.3) is 0 Å². The van der Waals surface area contributed by atoms with E-state index >= 15 is 0 Å². The smallest absolute Gasteiger partial charge is 0.222 e. The van der Waals surface area contributed by atoms with Crippen molar-refractivity contribution >= 4 is 17.2 Å². The number of nitrogens with zero attached hydrogens (tertiary/aromatic N) is 1. The van der Waals surface area contributed by atoms with Gasteiger partial charge in [-0.2, -0.15) is 0 Å². The largest absolute Gasteiger partial charge is 0.388 e. The summed E-state index contributed by atoms with van der Waals surface area (Å²) in [5.74, 6) is 0.195. The number of likely N-dealkylation sites (tertiary alicyclic amines) is 1. The molecule has 1 N–H and O–H groups in total. The maximum atomic E-state index is 11.9. The number of piperidine rings is 1. The van der Waals surface area contributed by atoms with Crippen LogP contribution in [0, 0.1) is 0 Å². The van der Waals surface area contributed by atoms with Gasteiger partial charge >= 0.3 is 0 Å². The van der Waals surface area contributed by atoms with Crippen LogP contribution in [0.25, 0.3) is 0 Å². The molecule has 94 valence electrons. The molecule has 0 radical (unpaired) electrons. The molecule has 1 fully saturated rings. The van der Waals surface area contributed by atoms with E-state index in [1.807, 2.05) is 22.4 Å². The van der Waals surface area contributed by atoms with Gasteiger partial charge in [-0.1, -0.05) is 6.07 Å². The van der Waals surface area contributed by atoms with Crippen molar-refractivity contribution in [3.8, 4) is 0 Å². The second-order valence-electron chi connectivity index (χ2n) is 4.51. The first-order valence-corrected chi connectivity index (χ1v) is 7.14. The van der Waals surface area contributed by atoms with E-state index in [9.17, 15) is 9.90 Å². The number of amides is 1. The lowest BCUT2D eigenvalue weighted by Gasteiger charge is -2.27. The number of hydrogen-bond donors (Lipinski definition) is 1. The zero-order valence-corrected chi connectivity index (χ0v) is 10.8. The van der Waals surface area contributed by atoms with E-state index in [-0.39, 0.29) is 5.91 Å². The standard InChI is InChI=1S/C13H19NO2S/c15-11(12-5-4-10-17-12)6-7-13(16)14-8-2-1-3-9-14/h4-5,10-11,15H,1-3,6-9H2. The van der Waals surface area contributed by atoms with E-state index in [4.69, 9.17) is 0 Å². The molecule has 0 bridgehead atoms. The lowest BCUT2D eigenvalue weighted by molar-refractivity contribution is -0.132. The fourth-order valence-corrected chi connectivity index (χ4v) is 2.93. The maximum absolute atomic E-state index is 11.9. The minimum atomic E-state index is -0.483. The van der Waals surface area contributed by atoms with Gasteiger partial charge in [0, 0.05) is 24.4 Å². The zero-order chi connectivity index (χ0) is 12.1. The zero-order valence-electron chi connectivity index (χ0n) is 9.97. The third-order valence-corrected chi connectivity index (χ3v) is 4.19. The van der Waals surface area contributed by atoms with Gasteiger partial charge in [0.15, 0.2) is 0 Å². The molecule has 1 unspecified atom stereocenters. The van der Waals surface area contributed by atoms with Gasteiger partial charge in [-0.3, -0.25) is 4.79 Å². The number of carbonyl (C=O) groups excluding carboxylic acids is 1. The molecular formula is C13H19NO2S. The third-order valence-electron chi connectivity index (χ3n) is 3.21. The summed E-state index contributed by atoms with van der Waals surface area (Å²) < 4.78 is 0. The third kappa shape index (κ3) is 3.54. The summed E-state index contributed by atoms with van der Waals surface area (Å²) in [6.45, 7) is 1.79. The van der Waals surface area contributed by atoms with Crippen molar-refractivity contribution in [1.82, 2.24) is 4.90 Å². The molecule has 0 saturated carbocycles. The molecule has 0 spiro atoms. The average molecular weight is 253 g/mol. The SMILES string of the molecule is O=C(CCC(O)c1cccs1)N1CCCCC1. The average Bonchev–Trinajstić information content (AvgIpc) is 2.90. The Bertz CT molecular complexity index is 344. The highest BCUT2D eigenvalue weighted by atomic mass is 32.1. The van der Waals surface area contributed by atoms with Gasteiger partial charge in [-0.05, 0) is 37.1 Å². The van der Waals surface area contributed by atoms with E-state index in [0.29, 0.717) is 12.8 Å². The van der Waals surface area contributed by atoms with Crippen LogP contribution in [0.3, 0.4) is 0 Å². The Labute approximate surface area is 106 Å². The minimum absolute atomic E-state index is 0.195. The lowest BCUT2D eigenvalue weighted by atomic mass is 10.1. The molecule has 3 nitrogen and oxygen atoms in total. The van der Waals surface area contributed by atoms with E-state index in [1.165, 1.54) is 6.42 Å². The Morgan fingerprint density at radius 2 is 2.18 bits per heavy atom. The van der Waals surface area contributed by atoms with Gasteiger partial charge in [-0.15, -0.1) is 11.3 Å². The summed E-state index contributed by atoms with van der Waals surface area (Å²) >= 11 is 1.54. The Kier molecular flexibility index (Phi) is 4.57. The van der Waals surface area contributed by atoms with Gasteiger partial charge in [0.1, 0.15) is 0 Å². The van der Waals surface area contributed by atoms with Crippen molar-refractivity contribution in [3.05, 3.63) is 22.4 Å². The number of carbonyl (C=O) groups is 1. The Morgan fingerprint density at radius 3 is 2.82 bits per heavy atom. The molecule has 2 rings (SSSR count). The second kappa shape index (κ2) is 6.17. The van der Waals surface area contributed by atoms with E-state index < -0.39 is 6.10 Å². The van der Waals surface area contributed by atoms with Crippen LogP contribution in [-0.2, 0) is 4.79 Å². The molecule has 1 aromatic rings. The van der Waals surface area contributed by atoms with Crippen LogP contribution >= 0.6 is 11.3 Å². The number of aliphatic hydroxyl groups is 1. The van der Waals surface area contributed by atoms with Crippen LogP contribution in [0.1, 0.15) is 43.1 Å². The maximum Gasteiger partial charge on any atom is 0.222 e. The van der Waals surface area contributed by atoms with Gasteiger partial charge in [0.2, 0.25) is 5.91 Å². The molecule has 1 saturated heterocycles. The lowest BCUT2D eigenvalue weighted by Crippen LogP contribution is -2.35. The predicted octanol–water partition coefficient (Wildman–Crippen LogP) is 2.57. The van der Waals surface area contributed by atoms with Crippen molar-refractivity contribution in [3.63, 3.8) is 0 Å². The molecule has 0 aliphatic carbocycles. The number of hydrogen-bond acceptors (Lipinski definition) is 3. The van der Waals surface area contributed by atoms with Crippen LogP contribution in [0.4, 0.5) is 0 Å². The highest BCUT2D eigenvalue weighted by Crippen LogP contribution is 2.23. The first-order chi connectivity index (χ1) is 8.27.